The van der Waals surface area contributed by atoms with Crippen LogP contribution in [-0.2, 0) is 0 Å². The normalized spacial score (nSPS) is 12.0. The highest BCUT2D eigenvalue weighted by Gasteiger charge is 2.34. The van der Waals surface area contributed by atoms with Gasteiger partial charge in [0.1, 0.15) is 17.7 Å². The number of imide groups is 1. The first kappa shape index (κ1) is 24.4. The quantitative estimate of drug-likeness (QED) is 0.277. The van der Waals surface area contributed by atoms with Gasteiger partial charge in [-0.05, 0) is 43.2 Å². The number of hydrogen-bond donors (Lipinski definition) is 2. The lowest BCUT2D eigenvalue weighted by molar-refractivity contribution is 0.0653. The summed E-state index contributed by atoms with van der Waals surface area (Å²) in [6, 6.07) is 12.8. The predicted octanol–water partition coefficient (Wildman–Crippen LogP) is 4.48. The van der Waals surface area contributed by atoms with Crippen molar-refractivity contribution in [2.75, 3.05) is 23.7 Å². The standard InChI is InChI=1S/C27H23FN6O2/c1-2-13-30-24-19(17-31-27(33-24)32-20-12-11-18(16-29)23(28)15-20)8-4-3-7-14-34-25(35)21-9-5-6-10-22(21)26(34)36/h5-6,9-12,15,17H,2-3,7,13-14H2,1H3,(H2,30,31,32,33). The molecule has 0 spiro atoms. The molecule has 2 N–H and O–H groups in total. The van der Waals surface area contributed by atoms with Gasteiger partial charge in [-0.3, -0.25) is 14.5 Å². The van der Waals surface area contributed by atoms with Gasteiger partial charge < -0.3 is 10.6 Å². The summed E-state index contributed by atoms with van der Waals surface area (Å²) in [5.74, 6) is 5.74. The Morgan fingerprint density at radius 2 is 1.83 bits per heavy atom. The van der Waals surface area contributed by atoms with Gasteiger partial charge in [-0.15, -0.1) is 0 Å². The molecule has 0 radical (unpaired) electrons. The minimum absolute atomic E-state index is 0.0413. The molecule has 0 bridgehead atoms. The average molecular weight is 483 g/mol. The van der Waals surface area contributed by atoms with Crippen molar-refractivity contribution in [1.29, 1.82) is 5.26 Å². The SMILES string of the molecule is CCCNc1nc(Nc2ccc(C#N)c(F)c2)ncc1C#CCCCN1C(=O)c2ccccc2C1=O. The molecule has 180 valence electrons. The van der Waals surface area contributed by atoms with Crippen LogP contribution in [0.4, 0.5) is 21.8 Å². The first-order valence-corrected chi connectivity index (χ1v) is 11.5. The van der Waals surface area contributed by atoms with Crippen LogP contribution < -0.4 is 10.6 Å². The molecule has 0 fully saturated rings. The monoisotopic (exact) mass is 482 g/mol. The number of nitrogens with zero attached hydrogens (tertiary/aromatic N) is 4. The van der Waals surface area contributed by atoms with Gasteiger partial charge in [0.2, 0.25) is 5.95 Å². The summed E-state index contributed by atoms with van der Waals surface area (Å²) in [5.41, 5.74) is 1.85. The number of nitrogens with one attached hydrogen (secondary N) is 2. The maximum atomic E-state index is 13.9. The second-order valence-electron chi connectivity index (χ2n) is 8.03. The van der Waals surface area contributed by atoms with E-state index in [-0.39, 0.29) is 23.3 Å². The van der Waals surface area contributed by atoms with E-state index in [9.17, 15) is 14.0 Å². The highest BCUT2D eigenvalue weighted by Crippen LogP contribution is 2.23. The molecule has 2 heterocycles. The highest BCUT2D eigenvalue weighted by molar-refractivity contribution is 6.21. The number of hydrogen-bond acceptors (Lipinski definition) is 7. The van der Waals surface area contributed by atoms with E-state index in [0.29, 0.717) is 54.1 Å². The van der Waals surface area contributed by atoms with Crippen LogP contribution in [0.15, 0.2) is 48.7 Å². The number of unbranched alkanes of at least 4 members (excludes halogenated alkanes) is 1. The molecule has 1 aliphatic rings. The number of aromatic nitrogens is 2. The topological polar surface area (TPSA) is 111 Å². The van der Waals surface area contributed by atoms with E-state index in [1.54, 1.807) is 42.6 Å². The van der Waals surface area contributed by atoms with Gasteiger partial charge in [0.05, 0.1) is 28.5 Å². The molecule has 2 aromatic carbocycles. The molecule has 0 atom stereocenters. The molecule has 0 saturated carbocycles. The van der Waals surface area contributed by atoms with Crippen LogP contribution in [0.5, 0.6) is 0 Å². The fourth-order valence-electron chi connectivity index (χ4n) is 3.65. The number of nitriles is 1. The molecule has 3 aromatic rings. The highest BCUT2D eigenvalue weighted by atomic mass is 19.1. The Morgan fingerprint density at radius 3 is 2.50 bits per heavy atom. The van der Waals surface area contributed by atoms with E-state index < -0.39 is 5.82 Å². The van der Waals surface area contributed by atoms with E-state index >= 15 is 0 Å². The van der Waals surface area contributed by atoms with Crippen molar-refractivity contribution in [1.82, 2.24) is 14.9 Å². The molecular weight excluding hydrogens is 459 g/mol. The van der Waals surface area contributed by atoms with Crippen molar-refractivity contribution in [3.63, 3.8) is 0 Å². The second kappa shape index (κ2) is 11.1. The van der Waals surface area contributed by atoms with Crippen LogP contribution in [0, 0.1) is 29.0 Å². The predicted molar refractivity (Wildman–Crippen MR) is 133 cm³/mol. The molecule has 1 aromatic heterocycles. The van der Waals surface area contributed by atoms with E-state index in [1.165, 1.54) is 17.0 Å². The summed E-state index contributed by atoms with van der Waals surface area (Å²) in [6.45, 7) is 3.00. The van der Waals surface area contributed by atoms with E-state index in [1.807, 2.05) is 6.92 Å². The van der Waals surface area contributed by atoms with E-state index in [2.05, 4.69) is 32.4 Å². The Balaban J connectivity index is 1.40. The fourth-order valence-corrected chi connectivity index (χ4v) is 3.65. The number of carbonyl (C=O) groups excluding carboxylic acids is 2. The molecule has 36 heavy (non-hydrogen) atoms. The smallest absolute Gasteiger partial charge is 0.261 e. The lowest BCUT2D eigenvalue weighted by Gasteiger charge is -2.12. The molecule has 0 aliphatic carbocycles. The van der Waals surface area contributed by atoms with Gasteiger partial charge in [-0.1, -0.05) is 30.9 Å². The van der Waals surface area contributed by atoms with Crippen molar-refractivity contribution >= 4 is 29.3 Å². The lowest BCUT2D eigenvalue weighted by atomic mass is 10.1. The van der Waals surface area contributed by atoms with Gasteiger partial charge in [-0.2, -0.15) is 10.2 Å². The molecule has 0 unspecified atom stereocenters. The summed E-state index contributed by atoms with van der Waals surface area (Å²) >= 11 is 0. The summed E-state index contributed by atoms with van der Waals surface area (Å²) in [5, 5.41) is 15.0. The number of amides is 2. The molecule has 9 heteroatoms. The minimum Gasteiger partial charge on any atom is -0.369 e. The number of anilines is 3. The van der Waals surface area contributed by atoms with E-state index in [0.717, 1.165) is 6.42 Å². The molecular formula is C27H23FN6O2. The number of halogens is 1. The number of rotatable bonds is 8. The first-order chi connectivity index (χ1) is 17.5. The zero-order valence-electron chi connectivity index (χ0n) is 19.6. The number of fused-ring (bicyclic) bond motifs is 1. The third-order valence-electron chi connectivity index (χ3n) is 5.46. The average Bonchev–Trinajstić information content (AvgIpc) is 3.13. The van der Waals surface area contributed by atoms with Crippen LogP contribution in [0.3, 0.4) is 0 Å². The summed E-state index contributed by atoms with van der Waals surface area (Å²) in [6.07, 6.45) is 3.47. The van der Waals surface area contributed by atoms with Gasteiger partial charge in [0, 0.05) is 25.2 Å². The van der Waals surface area contributed by atoms with Crippen LogP contribution in [0.2, 0.25) is 0 Å². The van der Waals surface area contributed by atoms with Crippen molar-refractivity contribution in [3.05, 3.63) is 76.7 Å². The van der Waals surface area contributed by atoms with Gasteiger partial charge >= 0.3 is 0 Å². The summed E-state index contributed by atoms with van der Waals surface area (Å²) < 4.78 is 13.9. The van der Waals surface area contributed by atoms with Crippen LogP contribution in [-0.4, -0.2) is 39.8 Å². The number of carbonyl (C=O) groups is 2. The Labute approximate surface area is 208 Å². The molecule has 2 amide bonds. The zero-order chi connectivity index (χ0) is 25.5. The lowest BCUT2D eigenvalue weighted by Crippen LogP contribution is -2.30. The largest absolute Gasteiger partial charge is 0.369 e. The number of benzene rings is 2. The fraction of sp³-hybridized carbons (Fsp3) is 0.222. The molecule has 0 saturated heterocycles. The third kappa shape index (κ3) is 5.31. The van der Waals surface area contributed by atoms with Crippen LogP contribution in [0.25, 0.3) is 0 Å². The van der Waals surface area contributed by atoms with Crippen molar-refractivity contribution in [2.24, 2.45) is 0 Å². The molecule has 4 rings (SSSR count). The minimum atomic E-state index is -0.629. The summed E-state index contributed by atoms with van der Waals surface area (Å²) in [4.78, 5) is 34.9. The third-order valence-corrected chi connectivity index (χ3v) is 5.46. The van der Waals surface area contributed by atoms with Gasteiger partial charge in [0.25, 0.3) is 11.8 Å². The van der Waals surface area contributed by atoms with E-state index in [4.69, 9.17) is 5.26 Å². The van der Waals surface area contributed by atoms with Crippen molar-refractivity contribution < 1.29 is 14.0 Å². The Hall–Kier alpha value is -4.76. The maximum absolute atomic E-state index is 13.9. The summed E-state index contributed by atoms with van der Waals surface area (Å²) in [7, 11) is 0. The molecule has 1 aliphatic heterocycles. The Morgan fingerprint density at radius 1 is 1.08 bits per heavy atom. The van der Waals surface area contributed by atoms with Crippen molar-refractivity contribution in [2.45, 2.75) is 26.2 Å². The first-order valence-electron chi connectivity index (χ1n) is 11.5. The van der Waals surface area contributed by atoms with Crippen molar-refractivity contribution in [3.8, 4) is 17.9 Å². The van der Waals surface area contributed by atoms with Crippen LogP contribution in [0.1, 0.15) is 58.0 Å². The van der Waals surface area contributed by atoms with Gasteiger partial charge in [0.15, 0.2) is 0 Å². The molecule has 8 nitrogen and oxygen atoms in total. The zero-order valence-corrected chi connectivity index (χ0v) is 19.6. The van der Waals surface area contributed by atoms with Gasteiger partial charge in [-0.25, -0.2) is 9.37 Å². The maximum Gasteiger partial charge on any atom is 0.261 e. The van der Waals surface area contributed by atoms with Crippen LogP contribution >= 0.6 is 0 Å². The Bertz CT molecular complexity index is 1380. The second-order valence-corrected chi connectivity index (χ2v) is 8.03. The Kier molecular flexibility index (Phi) is 7.52.